The molecule has 47 heavy (non-hydrogen) atoms. The van der Waals surface area contributed by atoms with Crippen LogP contribution in [0.5, 0.6) is 0 Å². The molecule has 12 heteroatoms. The van der Waals surface area contributed by atoms with Crippen LogP contribution < -0.4 is 21.0 Å². The van der Waals surface area contributed by atoms with Crippen LogP contribution in [-0.2, 0) is 20.7 Å². The van der Waals surface area contributed by atoms with Crippen molar-refractivity contribution in [1.29, 1.82) is 0 Å². The summed E-state index contributed by atoms with van der Waals surface area (Å²) in [4.78, 5) is 22.2. The first-order valence-corrected chi connectivity index (χ1v) is 16.4. The van der Waals surface area contributed by atoms with Gasteiger partial charge in [0.25, 0.3) is 0 Å². The molecule has 6 rings (SSSR count). The van der Waals surface area contributed by atoms with E-state index < -0.39 is 18.6 Å². The molecule has 0 N–H and O–H groups in total. The summed E-state index contributed by atoms with van der Waals surface area (Å²) in [6, 6.07) is 19.3. The molecular weight excluding hydrogens is 598 g/mol. The molecule has 2 aromatic carbocycles. The second-order valence-corrected chi connectivity index (χ2v) is 13.4. The number of pyridine rings is 1. The van der Waals surface area contributed by atoms with Gasteiger partial charge in [-0.1, -0.05) is 49.4 Å². The maximum absolute atomic E-state index is 15.5. The first kappa shape index (κ1) is 32.9. The number of benzene rings is 2. The minimum Gasteiger partial charge on any atom is -0.399 e. The Labute approximate surface area is 276 Å². The van der Waals surface area contributed by atoms with E-state index >= 15 is 4.39 Å². The van der Waals surface area contributed by atoms with Crippen molar-refractivity contribution < 1.29 is 18.4 Å². The van der Waals surface area contributed by atoms with Crippen molar-refractivity contribution in [3.05, 3.63) is 95.1 Å². The maximum Gasteiger partial charge on any atom is 0.494 e. The van der Waals surface area contributed by atoms with Crippen LogP contribution in [0.25, 0.3) is 5.82 Å². The van der Waals surface area contributed by atoms with Crippen LogP contribution in [0.1, 0.15) is 59.6 Å². The number of hydrogen-bond acceptors (Lipinski definition) is 8. The molecule has 2 fully saturated rings. The normalized spacial score (nSPS) is 18.8. The fourth-order valence-electron chi connectivity index (χ4n) is 6.12. The molecule has 248 valence electrons. The molecular formula is C35H44BFN6O4. The third kappa shape index (κ3) is 6.72. The summed E-state index contributed by atoms with van der Waals surface area (Å²) in [5, 5.41) is 4.32. The lowest BCUT2D eigenvalue weighted by Crippen LogP contribution is -2.46. The van der Waals surface area contributed by atoms with Gasteiger partial charge >= 0.3 is 12.8 Å². The van der Waals surface area contributed by atoms with Gasteiger partial charge in [-0.05, 0) is 64.2 Å². The molecule has 2 aliphatic heterocycles. The number of hydrogen-bond donors (Lipinski definition) is 0. The van der Waals surface area contributed by atoms with E-state index in [0.29, 0.717) is 31.8 Å². The average Bonchev–Trinajstić information content (AvgIpc) is 3.54. The summed E-state index contributed by atoms with van der Waals surface area (Å²) >= 11 is 0. The minimum atomic E-state index is -0.578. The molecule has 0 unspecified atom stereocenters. The molecule has 2 saturated heterocycles. The highest BCUT2D eigenvalue weighted by atomic mass is 19.1. The van der Waals surface area contributed by atoms with Gasteiger partial charge in [-0.15, -0.1) is 0 Å². The number of ether oxygens (including phenoxy) is 1. The quantitative estimate of drug-likeness (QED) is 0.229. The van der Waals surface area contributed by atoms with Crippen molar-refractivity contribution in [2.45, 2.75) is 77.9 Å². The van der Waals surface area contributed by atoms with E-state index in [2.05, 4.69) is 71.8 Å². The van der Waals surface area contributed by atoms with Gasteiger partial charge in [-0.2, -0.15) is 5.10 Å². The van der Waals surface area contributed by atoms with E-state index in [4.69, 9.17) is 14.0 Å². The predicted octanol–water partition coefficient (Wildman–Crippen LogP) is 4.75. The number of nitrogens with zero attached hydrogens (tertiary/aromatic N) is 6. The fourth-order valence-corrected chi connectivity index (χ4v) is 6.12. The highest BCUT2D eigenvalue weighted by Gasteiger charge is 2.51. The first-order valence-electron chi connectivity index (χ1n) is 16.4. The van der Waals surface area contributed by atoms with Crippen molar-refractivity contribution >= 4 is 24.0 Å². The van der Waals surface area contributed by atoms with Gasteiger partial charge in [0.1, 0.15) is 6.33 Å². The summed E-state index contributed by atoms with van der Waals surface area (Å²) < 4.78 is 36.5. The summed E-state index contributed by atoms with van der Waals surface area (Å²) in [6.45, 7) is 15.5. The number of aromatic nitrogens is 4. The standard InChI is InChI=1S/C35H44BFN6O4/c1-7-31(25(2)45-23-26-11-9-8-10-12-26)43-33(44)42(24-39-43)32-30(37)21-29(22-38-32)41-19-17-40(18-20-41)28-15-13-27(14-16-28)36-46-34(3,4)35(5,6)47-36/h8-16,21-22,24-25,31H,7,17-20,23H2,1-6H3/t25-,31-/m0/s1. The Morgan fingerprint density at radius 3 is 2.15 bits per heavy atom. The van der Waals surface area contributed by atoms with E-state index in [0.717, 1.165) is 34.4 Å². The van der Waals surface area contributed by atoms with Crippen LogP contribution >= 0.6 is 0 Å². The molecule has 0 aliphatic carbocycles. The molecule has 0 bridgehead atoms. The number of halogens is 1. The molecule has 0 amide bonds. The lowest BCUT2D eigenvalue weighted by Gasteiger charge is -2.37. The van der Waals surface area contributed by atoms with Gasteiger partial charge < -0.3 is 23.8 Å². The summed E-state index contributed by atoms with van der Waals surface area (Å²) in [5.41, 5.74) is 2.62. The van der Waals surface area contributed by atoms with E-state index in [-0.39, 0.29) is 29.2 Å². The van der Waals surface area contributed by atoms with Gasteiger partial charge in [0.2, 0.25) is 0 Å². The largest absolute Gasteiger partial charge is 0.494 e. The first-order chi connectivity index (χ1) is 22.5. The van der Waals surface area contributed by atoms with E-state index in [1.807, 2.05) is 44.2 Å². The van der Waals surface area contributed by atoms with Crippen LogP contribution in [0.4, 0.5) is 15.8 Å². The second-order valence-electron chi connectivity index (χ2n) is 13.4. The second kappa shape index (κ2) is 13.3. The summed E-state index contributed by atoms with van der Waals surface area (Å²) in [5.74, 6) is -0.648. The van der Waals surface area contributed by atoms with Gasteiger partial charge in [-0.25, -0.2) is 23.4 Å². The molecule has 10 nitrogen and oxygen atoms in total. The molecule has 0 spiro atoms. The highest BCUT2D eigenvalue weighted by Crippen LogP contribution is 2.36. The average molecular weight is 643 g/mol. The van der Waals surface area contributed by atoms with E-state index in [1.165, 1.54) is 17.1 Å². The molecule has 2 aliphatic rings. The Kier molecular flexibility index (Phi) is 9.28. The van der Waals surface area contributed by atoms with Crippen molar-refractivity contribution in [1.82, 2.24) is 19.3 Å². The Morgan fingerprint density at radius 2 is 1.55 bits per heavy atom. The predicted molar refractivity (Wildman–Crippen MR) is 182 cm³/mol. The summed E-state index contributed by atoms with van der Waals surface area (Å²) in [6.07, 6.45) is 3.29. The Morgan fingerprint density at radius 1 is 0.936 bits per heavy atom. The zero-order valence-electron chi connectivity index (χ0n) is 28.1. The van der Waals surface area contributed by atoms with Crippen LogP contribution in [0.2, 0.25) is 0 Å². The Bertz CT molecular complexity index is 1700. The molecule has 0 saturated carbocycles. The zero-order valence-corrected chi connectivity index (χ0v) is 28.1. The lowest BCUT2D eigenvalue weighted by atomic mass is 9.79. The molecule has 2 aromatic heterocycles. The van der Waals surface area contributed by atoms with Crippen LogP contribution in [-0.4, -0.2) is 69.9 Å². The minimum absolute atomic E-state index is 0.0709. The number of piperazine rings is 1. The topological polar surface area (TPSA) is 86.9 Å². The van der Waals surface area contributed by atoms with Gasteiger partial charge in [-0.3, -0.25) is 0 Å². The lowest BCUT2D eigenvalue weighted by molar-refractivity contribution is 0.00578. The summed E-state index contributed by atoms with van der Waals surface area (Å²) in [7, 11) is -0.392. The van der Waals surface area contributed by atoms with Crippen molar-refractivity contribution in [3.63, 3.8) is 0 Å². The van der Waals surface area contributed by atoms with Crippen LogP contribution in [0, 0.1) is 5.82 Å². The molecule has 4 heterocycles. The smallest absolute Gasteiger partial charge is 0.399 e. The third-order valence-electron chi connectivity index (χ3n) is 9.79. The van der Waals surface area contributed by atoms with Crippen LogP contribution in [0.3, 0.4) is 0 Å². The number of rotatable bonds is 10. The van der Waals surface area contributed by atoms with Crippen molar-refractivity contribution in [2.24, 2.45) is 0 Å². The molecule has 0 radical (unpaired) electrons. The van der Waals surface area contributed by atoms with E-state index in [9.17, 15) is 4.79 Å². The monoisotopic (exact) mass is 642 g/mol. The van der Waals surface area contributed by atoms with Gasteiger partial charge in [0.15, 0.2) is 11.6 Å². The van der Waals surface area contributed by atoms with E-state index in [1.54, 1.807) is 6.20 Å². The number of anilines is 2. The fraction of sp³-hybridized carbons (Fsp3) is 0.457. The Hall–Kier alpha value is -4.00. The van der Waals surface area contributed by atoms with Crippen molar-refractivity contribution in [3.8, 4) is 5.82 Å². The highest BCUT2D eigenvalue weighted by molar-refractivity contribution is 6.62. The molecule has 4 aromatic rings. The SMILES string of the molecule is CC[C@@H]([C@H](C)OCc1ccccc1)n1ncn(-c2ncc(N3CCN(c4ccc(B5OC(C)(C)C(C)(C)O5)cc4)CC3)cc2F)c1=O. The zero-order chi connectivity index (χ0) is 33.3. The Balaban J connectivity index is 1.07. The van der Waals surface area contributed by atoms with Crippen LogP contribution in [0.15, 0.2) is 78.0 Å². The third-order valence-corrected chi connectivity index (χ3v) is 9.79. The maximum atomic E-state index is 15.5. The van der Waals surface area contributed by atoms with Gasteiger partial charge in [0.05, 0.1) is 41.8 Å². The van der Waals surface area contributed by atoms with Crippen molar-refractivity contribution in [2.75, 3.05) is 36.0 Å². The molecule has 2 atom stereocenters. The van der Waals surface area contributed by atoms with Gasteiger partial charge in [0, 0.05) is 37.9 Å².